The maximum atomic E-state index is 10.8. The molecule has 2 aromatic carbocycles. The lowest BCUT2D eigenvalue weighted by Crippen LogP contribution is -1.98. The highest BCUT2D eigenvalue weighted by Crippen LogP contribution is 2.24. The number of nitro groups is 1. The smallest absolute Gasteiger partial charge is 0.273 e. The molecule has 0 aliphatic carbocycles. The third-order valence-corrected chi connectivity index (χ3v) is 3.34. The average molecular weight is 385 g/mol. The fraction of sp³-hybridized carbons (Fsp3) is 0.143. The van der Waals surface area contributed by atoms with Crippen molar-refractivity contribution in [3.8, 4) is 11.5 Å². The average Bonchev–Trinajstić information content (AvgIpc) is 2.46. The summed E-state index contributed by atoms with van der Waals surface area (Å²) < 4.78 is 11.8. The van der Waals surface area contributed by atoms with Gasteiger partial charge in [-0.1, -0.05) is 0 Å². The van der Waals surface area contributed by atoms with Crippen molar-refractivity contribution in [3.05, 3.63) is 61.7 Å². The summed E-state index contributed by atoms with van der Waals surface area (Å²) in [5.74, 6) is 1.16. The van der Waals surface area contributed by atoms with Gasteiger partial charge in [0.25, 0.3) is 5.69 Å². The third-order valence-electron chi connectivity index (χ3n) is 2.62. The van der Waals surface area contributed by atoms with Gasteiger partial charge in [-0.05, 0) is 58.5 Å². The summed E-state index contributed by atoms with van der Waals surface area (Å²) in [4.78, 5) is 10.4. The van der Waals surface area contributed by atoms with Gasteiger partial charge in [0.15, 0.2) is 0 Å². The molecule has 0 aliphatic heterocycles. The molecule has 5 nitrogen and oxygen atoms in total. The molecule has 2 rings (SSSR count). The highest BCUT2D eigenvalue weighted by molar-refractivity contribution is 14.1. The zero-order chi connectivity index (χ0) is 14.5. The summed E-state index contributed by atoms with van der Waals surface area (Å²) in [6.07, 6.45) is 0. The first-order chi connectivity index (χ1) is 9.58. The number of methoxy groups -OCH3 is 1. The molecule has 0 aromatic heterocycles. The van der Waals surface area contributed by atoms with E-state index in [1.807, 2.05) is 24.3 Å². The second-order valence-electron chi connectivity index (χ2n) is 4.04. The maximum absolute atomic E-state index is 10.8. The first-order valence-electron chi connectivity index (χ1n) is 5.79. The molecule has 0 fully saturated rings. The Hall–Kier alpha value is -1.83. The van der Waals surface area contributed by atoms with Crippen LogP contribution in [0.15, 0.2) is 42.5 Å². The number of ether oxygens (including phenoxy) is 2. The lowest BCUT2D eigenvalue weighted by molar-refractivity contribution is -0.385. The Bertz CT molecular complexity index is 613. The van der Waals surface area contributed by atoms with Gasteiger partial charge in [-0.25, -0.2) is 0 Å². The summed E-state index contributed by atoms with van der Waals surface area (Å²) in [7, 11) is 1.48. The van der Waals surface area contributed by atoms with Gasteiger partial charge in [-0.2, -0.15) is 0 Å². The molecular weight excluding hydrogens is 373 g/mol. The molecule has 20 heavy (non-hydrogen) atoms. The lowest BCUT2D eigenvalue weighted by Gasteiger charge is -2.08. The van der Waals surface area contributed by atoms with Crippen LogP contribution in [0.5, 0.6) is 11.5 Å². The first kappa shape index (κ1) is 14.6. The zero-order valence-corrected chi connectivity index (χ0v) is 12.9. The van der Waals surface area contributed by atoms with Crippen LogP contribution in [0.25, 0.3) is 0 Å². The number of hydrogen-bond donors (Lipinski definition) is 0. The quantitative estimate of drug-likeness (QED) is 0.447. The van der Waals surface area contributed by atoms with E-state index in [1.54, 1.807) is 6.07 Å². The summed E-state index contributed by atoms with van der Waals surface area (Å²) in [5, 5.41) is 10.8. The topological polar surface area (TPSA) is 61.6 Å². The number of benzene rings is 2. The Morgan fingerprint density at radius 3 is 2.45 bits per heavy atom. The zero-order valence-electron chi connectivity index (χ0n) is 10.7. The predicted octanol–water partition coefficient (Wildman–Crippen LogP) is 3.79. The molecular formula is C14H12INO4. The van der Waals surface area contributed by atoms with E-state index in [9.17, 15) is 10.1 Å². The van der Waals surface area contributed by atoms with Crippen molar-refractivity contribution >= 4 is 28.3 Å². The molecule has 0 heterocycles. The van der Waals surface area contributed by atoms with E-state index >= 15 is 0 Å². The lowest BCUT2D eigenvalue weighted by atomic mass is 10.2. The second kappa shape index (κ2) is 6.56. The van der Waals surface area contributed by atoms with E-state index in [2.05, 4.69) is 22.6 Å². The molecule has 104 valence electrons. The Morgan fingerprint density at radius 1 is 1.15 bits per heavy atom. The highest BCUT2D eigenvalue weighted by atomic mass is 127. The number of nitrogens with zero attached hydrogens (tertiary/aromatic N) is 1. The molecule has 0 bridgehead atoms. The van der Waals surface area contributed by atoms with Crippen molar-refractivity contribution in [1.82, 2.24) is 0 Å². The van der Waals surface area contributed by atoms with Crippen LogP contribution in [0.1, 0.15) is 5.56 Å². The molecule has 2 aromatic rings. The predicted molar refractivity (Wildman–Crippen MR) is 83.1 cm³/mol. The van der Waals surface area contributed by atoms with Gasteiger partial charge in [-0.3, -0.25) is 10.1 Å². The molecule has 0 atom stereocenters. The van der Waals surface area contributed by atoms with Gasteiger partial charge < -0.3 is 9.47 Å². The molecule has 0 amide bonds. The maximum Gasteiger partial charge on any atom is 0.273 e. The van der Waals surface area contributed by atoms with Gasteiger partial charge in [0.1, 0.15) is 18.1 Å². The summed E-state index contributed by atoms with van der Waals surface area (Å²) in [6.45, 7) is 0.249. The van der Waals surface area contributed by atoms with Gasteiger partial charge in [-0.15, -0.1) is 0 Å². The molecule has 0 radical (unpaired) electrons. The van der Waals surface area contributed by atoms with Crippen molar-refractivity contribution in [1.29, 1.82) is 0 Å². The van der Waals surface area contributed by atoms with Crippen LogP contribution in [0.4, 0.5) is 5.69 Å². The minimum absolute atomic E-state index is 0.00874. The van der Waals surface area contributed by atoms with Crippen LogP contribution in [-0.4, -0.2) is 12.0 Å². The number of halogens is 1. The largest absolute Gasteiger partial charge is 0.496 e. The number of nitro benzene ring substituents is 1. The number of hydrogen-bond acceptors (Lipinski definition) is 4. The van der Waals surface area contributed by atoms with Crippen molar-refractivity contribution in [2.24, 2.45) is 0 Å². The van der Waals surface area contributed by atoms with E-state index < -0.39 is 4.92 Å². The molecule has 0 saturated carbocycles. The molecule has 0 unspecified atom stereocenters. The Labute approximate surface area is 129 Å². The van der Waals surface area contributed by atoms with E-state index in [4.69, 9.17) is 9.47 Å². The number of non-ortho nitro benzene ring substituents is 1. The Balaban J connectivity index is 2.14. The SMILES string of the molecule is COc1cc(COc2ccc(I)cc2)cc([N+](=O)[O-])c1. The van der Waals surface area contributed by atoms with Crippen molar-refractivity contribution in [3.63, 3.8) is 0 Å². The standard InChI is InChI=1S/C14H12INO4/c1-19-14-7-10(6-12(8-14)16(17)18)9-20-13-4-2-11(15)3-5-13/h2-8H,9H2,1H3. The summed E-state index contributed by atoms with van der Waals surface area (Å²) in [5.41, 5.74) is 0.681. The minimum Gasteiger partial charge on any atom is -0.496 e. The van der Waals surface area contributed by atoms with Crippen LogP contribution in [-0.2, 0) is 6.61 Å². The summed E-state index contributed by atoms with van der Waals surface area (Å²) >= 11 is 2.21. The monoisotopic (exact) mass is 385 g/mol. The van der Waals surface area contributed by atoms with E-state index in [0.29, 0.717) is 11.3 Å². The van der Waals surface area contributed by atoms with Crippen LogP contribution < -0.4 is 9.47 Å². The molecule has 0 saturated heterocycles. The van der Waals surface area contributed by atoms with E-state index in [1.165, 1.54) is 19.2 Å². The second-order valence-corrected chi connectivity index (χ2v) is 5.28. The van der Waals surface area contributed by atoms with E-state index in [-0.39, 0.29) is 12.3 Å². The fourth-order valence-electron chi connectivity index (χ4n) is 1.65. The van der Waals surface area contributed by atoms with Crippen LogP contribution >= 0.6 is 22.6 Å². The van der Waals surface area contributed by atoms with Crippen molar-refractivity contribution in [2.75, 3.05) is 7.11 Å². The van der Waals surface area contributed by atoms with Gasteiger partial charge in [0.2, 0.25) is 0 Å². The van der Waals surface area contributed by atoms with Crippen molar-refractivity contribution in [2.45, 2.75) is 6.61 Å². The molecule has 0 N–H and O–H groups in total. The molecule has 0 spiro atoms. The van der Waals surface area contributed by atoms with Gasteiger partial charge in [0, 0.05) is 9.64 Å². The normalized spacial score (nSPS) is 10.1. The summed E-state index contributed by atoms with van der Waals surface area (Å²) in [6, 6.07) is 12.2. The van der Waals surface area contributed by atoms with Crippen LogP contribution in [0, 0.1) is 13.7 Å². The minimum atomic E-state index is -0.448. The van der Waals surface area contributed by atoms with Crippen LogP contribution in [0.2, 0.25) is 0 Å². The molecule has 6 heteroatoms. The Kier molecular flexibility index (Phi) is 4.78. The van der Waals surface area contributed by atoms with Gasteiger partial charge >= 0.3 is 0 Å². The third kappa shape index (κ3) is 3.83. The van der Waals surface area contributed by atoms with Crippen molar-refractivity contribution < 1.29 is 14.4 Å². The van der Waals surface area contributed by atoms with Gasteiger partial charge in [0.05, 0.1) is 18.1 Å². The highest BCUT2D eigenvalue weighted by Gasteiger charge is 2.10. The fourth-order valence-corrected chi connectivity index (χ4v) is 2.01. The number of rotatable bonds is 5. The molecule has 0 aliphatic rings. The Morgan fingerprint density at radius 2 is 1.85 bits per heavy atom. The first-order valence-corrected chi connectivity index (χ1v) is 6.87. The van der Waals surface area contributed by atoms with E-state index in [0.717, 1.165) is 9.32 Å². The van der Waals surface area contributed by atoms with Crippen LogP contribution in [0.3, 0.4) is 0 Å².